The van der Waals surface area contributed by atoms with E-state index in [0.717, 1.165) is 12.8 Å². The zero-order valence-corrected chi connectivity index (χ0v) is 10.5. The number of fused-ring (bicyclic) bond motifs is 1. The molecule has 1 heterocycles. The Hall–Kier alpha value is -1.82. The SMILES string of the molecule is CC1CC(C#N)(C(=O)N2Cc3ccccc3C2)C1. The molecule has 92 valence electrons. The molecule has 1 aromatic rings. The number of carbonyl (C=O) groups excluding carboxylic acids is 1. The lowest BCUT2D eigenvalue weighted by molar-refractivity contribution is -0.146. The van der Waals surface area contributed by atoms with Crippen LogP contribution in [0.4, 0.5) is 0 Å². The number of hydrogen-bond donors (Lipinski definition) is 0. The minimum Gasteiger partial charge on any atom is -0.333 e. The molecule has 1 fully saturated rings. The van der Waals surface area contributed by atoms with Gasteiger partial charge in [0.05, 0.1) is 6.07 Å². The number of nitrogens with zero attached hydrogens (tertiary/aromatic N) is 2. The van der Waals surface area contributed by atoms with E-state index in [1.54, 1.807) is 0 Å². The molecular formula is C15H16N2O. The van der Waals surface area contributed by atoms with Crippen LogP contribution in [0.1, 0.15) is 30.9 Å². The summed E-state index contributed by atoms with van der Waals surface area (Å²) >= 11 is 0. The Bertz CT molecular complexity index is 513. The van der Waals surface area contributed by atoms with Crippen molar-refractivity contribution in [1.82, 2.24) is 4.90 Å². The highest BCUT2D eigenvalue weighted by Gasteiger charge is 2.51. The Morgan fingerprint density at radius 2 is 1.89 bits per heavy atom. The summed E-state index contributed by atoms with van der Waals surface area (Å²) in [6, 6.07) is 10.4. The van der Waals surface area contributed by atoms with Crippen molar-refractivity contribution in [3.05, 3.63) is 35.4 Å². The highest BCUT2D eigenvalue weighted by atomic mass is 16.2. The molecular weight excluding hydrogens is 224 g/mol. The standard InChI is InChI=1S/C15H16N2O/c1-11-6-15(7-11,10-16)14(18)17-8-12-4-2-3-5-13(12)9-17/h2-5,11H,6-9H2,1H3. The smallest absolute Gasteiger partial charge is 0.243 e. The summed E-state index contributed by atoms with van der Waals surface area (Å²) in [4.78, 5) is 14.3. The highest BCUT2D eigenvalue weighted by molar-refractivity contribution is 5.87. The van der Waals surface area contributed by atoms with Crippen LogP contribution >= 0.6 is 0 Å². The molecule has 2 aliphatic rings. The topological polar surface area (TPSA) is 44.1 Å². The molecule has 0 radical (unpaired) electrons. The van der Waals surface area contributed by atoms with E-state index in [2.05, 4.69) is 25.1 Å². The second-order valence-electron chi connectivity index (χ2n) is 5.64. The van der Waals surface area contributed by atoms with E-state index < -0.39 is 5.41 Å². The number of amides is 1. The largest absolute Gasteiger partial charge is 0.333 e. The van der Waals surface area contributed by atoms with Crippen molar-refractivity contribution in [1.29, 1.82) is 5.26 Å². The van der Waals surface area contributed by atoms with Gasteiger partial charge in [-0.2, -0.15) is 5.26 Å². The van der Waals surface area contributed by atoms with Crippen molar-refractivity contribution in [2.75, 3.05) is 0 Å². The summed E-state index contributed by atoms with van der Waals surface area (Å²) in [5.41, 5.74) is 1.69. The predicted molar refractivity (Wildman–Crippen MR) is 67.1 cm³/mol. The third-order valence-corrected chi connectivity index (χ3v) is 4.15. The number of nitriles is 1. The quantitative estimate of drug-likeness (QED) is 0.757. The number of rotatable bonds is 1. The Balaban J connectivity index is 1.79. The summed E-state index contributed by atoms with van der Waals surface area (Å²) in [6.07, 6.45) is 1.43. The van der Waals surface area contributed by atoms with Gasteiger partial charge < -0.3 is 4.90 Å². The van der Waals surface area contributed by atoms with Crippen molar-refractivity contribution < 1.29 is 4.79 Å². The van der Waals surface area contributed by atoms with Gasteiger partial charge in [0.25, 0.3) is 0 Å². The van der Waals surface area contributed by atoms with E-state index >= 15 is 0 Å². The first kappa shape index (κ1) is 11.3. The van der Waals surface area contributed by atoms with Crippen molar-refractivity contribution in [2.24, 2.45) is 11.3 Å². The molecule has 0 aromatic heterocycles. The van der Waals surface area contributed by atoms with E-state index in [4.69, 9.17) is 0 Å². The molecule has 3 heteroatoms. The minimum atomic E-state index is -0.735. The van der Waals surface area contributed by atoms with Gasteiger partial charge in [0.2, 0.25) is 5.91 Å². The summed E-state index contributed by atoms with van der Waals surface area (Å²) < 4.78 is 0. The lowest BCUT2D eigenvalue weighted by atomic mass is 9.63. The third-order valence-electron chi connectivity index (χ3n) is 4.15. The van der Waals surface area contributed by atoms with Gasteiger partial charge in [-0.05, 0) is 29.9 Å². The van der Waals surface area contributed by atoms with E-state index in [9.17, 15) is 10.1 Å². The van der Waals surface area contributed by atoms with Gasteiger partial charge in [-0.1, -0.05) is 31.2 Å². The molecule has 1 aliphatic carbocycles. The van der Waals surface area contributed by atoms with Crippen molar-refractivity contribution in [3.63, 3.8) is 0 Å². The predicted octanol–water partition coefficient (Wildman–Crippen LogP) is 2.47. The molecule has 1 saturated carbocycles. The van der Waals surface area contributed by atoms with Crippen LogP contribution in [-0.4, -0.2) is 10.8 Å². The van der Waals surface area contributed by atoms with Gasteiger partial charge in [-0.3, -0.25) is 4.79 Å². The molecule has 3 rings (SSSR count). The summed E-state index contributed by atoms with van der Waals surface area (Å²) in [5, 5.41) is 9.30. The first-order chi connectivity index (χ1) is 8.64. The fraction of sp³-hybridized carbons (Fsp3) is 0.467. The summed E-state index contributed by atoms with van der Waals surface area (Å²) in [6.45, 7) is 3.42. The van der Waals surface area contributed by atoms with Crippen LogP contribution in [-0.2, 0) is 17.9 Å². The fourth-order valence-electron chi connectivity index (χ4n) is 3.22. The molecule has 0 spiro atoms. The van der Waals surface area contributed by atoms with Gasteiger partial charge in [0.15, 0.2) is 0 Å². The Labute approximate surface area is 107 Å². The van der Waals surface area contributed by atoms with Crippen LogP contribution < -0.4 is 0 Å². The van der Waals surface area contributed by atoms with Gasteiger partial charge in [-0.15, -0.1) is 0 Å². The summed E-state index contributed by atoms with van der Waals surface area (Å²) in [5.74, 6) is 0.526. The van der Waals surface area contributed by atoms with Crippen molar-refractivity contribution >= 4 is 5.91 Å². The van der Waals surface area contributed by atoms with Crippen LogP contribution in [0.5, 0.6) is 0 Å². The average molecular weight is 240 g/mol. The monoisotopic (exact) mass is 240 g/mol. The molecule has 0 unspecified atom stereocenters. The van der Waals surface area contributed by atoms with Crippen LogP contribution in [0.3, 0.4) is 0 Å². The van der Waals surface area contributed by atoms with Gasteiger partial charge >= 0.3 is 0 Å². The molecule has 18 heavy (non-hydrogen) atoms. The van der Waals surface area contributed by atoms with Crippen LogP contribution in [0.15, 0.2) is 24.3 Å². The lowest BCUT2D eigenvalue weighted by Crippen LogP contribution is -2.48. The first-order valence-corrected chi connectivity index (χ1v) is 6.42. The normalized spacial score (nSPS) is 29.3. The molecule has 0 N–H and O–H groups in total. The van der Waals surface area contributed by atoms with Crippen molar-refractivity contribution in [3.8, 4) is 6.07 Å². The van der Waals surface area contributed by atoms with Crippen molar-refractivity contribution in [2.45, 2.75) is 32.9 Å². The molecule has 0 atom stereocenters. The minimum absolute atomic E-state index is 0.0271. The average Bonchev–Trinajstić information content (AvgIpc) is 2.77. The van der Waals surface area contributed by atoms with E-state index in [1.807, 2.05) is 17.0 Å². The molecule has 3 nitrogen and oxygen atoms in total. The Kier molecular flexibility index (Phi) is 2.41. The molecule has 0 saturated heterocycles. The maximum Gasteiger partial charge on any atom is 0.243 e. The molecule has 0 bridgehead atoms. The van der Waals surface area contributed by atoms with Gasteiger partial charge in [0, 0.05) is 13.1 Å². The van der Waals surface area contributed by atoms with E-state index in [0.29, 0.717) is 19.0 Å². The second kappa shape index (κ2) is 3.84. The van der Waals surface area contributed by atoms with Gasteiger partial charge in [-0.25, -0.2) is 0 Å². The molecule has 1 aliphatic heterocycles. The maximum absolute atomic E-state index is 12.5. The van der Waals surface area contributed by atoms with Crippen LogP contribution in [0.2, 0.25) is 0 Å². The zero-order chi connectivity index (χ0) is 12.8. The van der Waals surface area contributed by atoms with Crippen LogP contribution in [0, 0.1) is 22.7 Å². The fourth-order valence-corrected chi connectivity index (χ4v) is 3.22. The molecule has 1 amide bonds. The lowest BCUT2D eigenvalue weighted by Gasteiger charge is -2.41. The van der Waals surface area contributed by atoms with E-state index in [1.165, 1.54) is 11.1 Å². The Morgan fingerprint density at radius 1 is 1.33 bits per heavy atom. The first-order valence-electron chi connectivity index (χ1n) is 6.42. The number of benzene rings is 1. The number of hydrogen-bond acceptors (Lipinski definition) is 2. The zero-order valence-electron chi connectivity index (χ0n) is 10.5. The number of carbonyl (C=O) groups is 1. The maximum atomic E-state index is 12.5. The highest BCUT2D eigenvalue weighted by Crippen LogP contribution is 2.47. The second-order valence-corrected chi connectivity index (χ2v) is 5.64. The Morgan fingerprint density at radius 3 is 2.33 bits per heavy atom. The third kappa shape index (κ3) is 1.53. The van der Waals surface area contributed by atoms with E-state index in [-0.39, 0.29) is 5.91 Å². The summed E-state index contributed by atoms with van der Waals surface area (Å²) in [7, 11) is 0. The van der Waals surface area contributed by atoms with Gasteiger partial charge in [0.1, 0.15) is 5.41 Å². The van der Waals surface area contributed by atoms with Crippen LogP contribution in [0.25, 0.3) is 0 Å². The molecule has 1 aromatic carbocycles.